The van der Waals surface area contributed by atoms with Crippen LogP contribution in [0.3, 0.4) is 0 Å². The van der Waals surface area contributed by atoms with E-state index in [0.29, 0.717) is 18.8 Å². The van der Waals surface area contributed by atoms with Gasteiger partial charge in [-0.05, 0) is 43.7 Å². The lowest BCUT2D eigenvalue weighted by atomic mass is 9.77. The summed E-state index contributed by atoms with van der Waals surface area (Å²) in [6, 6.07) is 2.35. The average Bonchev–Trinajstić information content (AvgIpc) is 3.03. The van der Waals surface area contributed by atoms with Gasteiger partial charge < -0.3 is 14.8 Å². The Kier molecular flexibility index (Phi) is 3.42. The van der Waals surface area contributed by atoms with Crippen LogP contribution < -0.4 is 5.32 Å². The number of aromatic carboxylic acids is 1. The largest absolute Gasteiger partial charge is 0.475 e. The number of carbonyl (C=O) groups is 3. The van der Waals surface area contributed by atoms with E-state index < -0.39 is 17.5 Å². The second-order valence-electron chi connectivity index (χ2n) is 6.16. The van der Waals surface area contributed by atoms with Crippen molar-refractivity contribution in [3.8, 4) is 0 Å². The van der Waals surface area contributed by atoms with Gasteiger partial charge in [0.05, 0.1) is 6.54 Å². The lowest BCUT2D eigenvalue weighted by Gasteiger charge is -2.33. The van der Waals surface area contributed by atoms with Crippen LogP contribution in [0.1, 0.15) is 48.9 Å². The van der Waals surface area contributed by atoms with Gasteiger partial charge in [-0.3, -0.25) is 9.69 Å². The number of carbonyl (C=O) groups excluding carboxylic acids is 2. The number of carboxylic acid groups (broad SMARTS) is 1. The highest BCUT2D eigenvalue weighted by Crippen LogP contribution is 2.36. The molecule has 0 atom stereocenters. The lowest BCUT2D eigenvalue weighted by Crippen LogP contribution is -2.49. The van der Waals surface area contributed by atoms with E-state index in [1.54, 1.807) is 0 Å². The molecule has 2 heterocycles. The maximum absolute atomic E-state index is 12.6. The number of amides is 3. The third kappa shape index (κ3) is 2.36. The number of hydrogen-bond acceptors (Lipinski definition) is 4. The Bertz CT molecular complexity index is 628. The van der Waals surface area contributed by atoms with Crippen LogP contribution in [0, 0.1) is 5.92 Å². The highest BCUT2D eigenvalue weighted by Gasteiger charge is 2.52. The first-order valence-electron chi connectivity index (χ1n) is 7.37. The van der Waals surface area contributed by atoms with E-state index in [1.807, 2.05) is 0 Å². The summed E-state index contributed by atoms with van der Waals surface area (Å²) in [7, 11) is 0. The smallest absolute Gasteiger partial charge is 0.371 e. The third-order valence-electron chi connectivity index (χ3n) is 4.56. The van der Waals surface area contributed by atoms with Crippen molar-refractivity contribution in [3.63, 3.8) is 0 Å². The van der Waals surface area contributed by atoms with Crippen molar-refractivity contribution >= 4 is 17.9 Å². The molecule has 1 aliphatic carbocycles. The van der Waals surface area contributed by atoms with Crippen molar-refractivity contribution in [2.75, 3.05) is 0 Å². The first kappa shape index (κ1) is 14.6. The third-order valence-corrected chi connectivity index (χ3v) is 4.56. The number of imide groups is 1. The Labute approximate surface area is 127 Å². The molecule has 1 spiro atoms. The van der Waals surface area contributed by atoms with Crippen LogP contribution in [0.15, 0.2) is 16.5 Å². The fourth-order valence-electron chi connectivity index (χ4n) is 3.15. The predicted octanol–water partition coefficient (Wildman–Crippen LogP) is 1.98. The van der Waals surface area contributed by atoms with Gasteiger partial charge in [0.25, 0.3) is 5.91 Å². The molecule has 0 aromatic carbocycles. The summed E-state index contributed by atoms with van der Waals surface area (Å²) in [6.45, 7) is 2.09. The molecule has 2 N–H and O–H groups in total. The van der Waals surface area contributed by atoms with E-state index in [-0.39, 0.29) is 24.0 Å². The van der Waals surface area contributed by atoms with Gasteiger partial charge in [-0.15, -0.1) is 0 Å². The Morgan fingerprint density at radius 2 is 2.09 bits per heavy atom. The maximum Gasteiger partial charge on any atom is 0.371 e. The number of hydrogen-bond donors (Lipinski definition) is 2. The van der Waals surface area contributed by atoms with Crippen LogP contribution in [0.2, 0.25) is 0 Å². The van der Waals surface area contributed by atoms with E-state index in [2.05, 4.69) is 12.2 Å². The zero-order valence-electron chi connectivity index (χ0n) is 12.3. The van der Waals surface area contributed by atoms with E-state index in [0.717, 1.165) is 17.7 Å². The molecule has 1 saturated heterocycles. The van der Waals surface area contributed by atoms with E-state index in [1.165, 1.54) is 12.1 Å². The van der Waals surface area contributed by atoms with E-state index in [4.69, 9.17) is 9.52 Å². The molecule has 1 aliphatic heterocycles. The Hall–Kier alpha value is -2.31. The number of nitrogens with zero attached hydrogens (tertiary/aromatic N) is 1. The summed E-state index contributed by atoms with van der Waals surface area (Å²) >= 11 is 0. The summed E-state index contributed by atoms with van der Waals surface area (Å²) in [6.07, 6.45) is 3.11. The minimum atomic E-state index is -1.18. The van der Waals surface area contributed by atoms with Crippen LogP contribution in [0.4, 0.5) is 4.79 Å². The fourth-order valence-corrected chi connectivity index (χ4v) is 3.15. The van der Waals surface area contributed by atoms with E-state index in [9.17, 15) is 14.4 Å². The molecule has 0 bridgehead atoms. The minimum absolute atomic E-state index is 0.0464. The number of rotatable bonds is 3. The van der Waals surface area contributed by atoms with Gasteiger partial charge in [0.2, 0.25) is 5.76 Å². The molecule has 2 fully saturated rings. The van der Waals surface area contributed by atoms with Gasteiger partial charge >= 0.3 is 12.0 Å². The van der Waals surface area contributed by atoms with Gasteiger partial charge in [-0.1, -0.05) is 6.92 Å². The predicted molar refractivity (Wildman–Crippen MR) is 75.1 cm³/mol. The Morgan fingerprint density at radius 1 is 1.41 bits per heavy atom. The highest BCUT2D eigenvalue weighted by molar-refractivity contribution is 6.07. The number of urea groups is 1. The summed E-state index contributed by atoms with van der Waals surface area (Å²) in [4.78, 5) is 36.7. The summed E-state index contributed by atoms with van der Waals surface area (Å²) in [5.41, 5.74) is -0.786. The summed E-state index contributed by atoms with van der Waals surface area (Å²) in [5.74, 6) is -0.781. The molecule has 2 aliphatic rings. The molecule has 1 aromatic heterocycles. The van der Waals surface area contributed by atoms with Crippen molar-refractivity contribution in [1.82, 2.24) is 10.2 Å². The van der Waals surface area contributed by atoms with Crippen LogP contribution in [-0.4, -0.2) is 33.5 Å². The molecule has 0 unspecified atom stereocenters. The lowest BCUT2D eigenvalue weighted by molar-refractivity contribution is -0.133. The average molecular weight is 306 g/mol. The molecule has 3 amide bonds. The van der Waals surface area contributed by atoms with Crippen molar-refractivity contribution in [2.45, 2.75) is 44.7 Å². The van der Waals surface area contributed by atoms with Crippen molar-refractivity contribution in [1.29, 1.82) is 0 Å². The van der Waals surface area contributed by atoms with Crippen molar-refractivity contribution in [2.24, 2.45) is 5.92 Å². The standard InChI is InChI=1S/C15H18N2O5/c1-9-4-6-15(7-5-9)13(20)17(14(21)16-15)8-10-2-3-11(22-10)12(18)19/h2-3,9H,4-8H2,1H3,(H,16,21)(H,18,19). The summed E-state index contributed by atoms with van der Waals surface area (Å²) in [5, 5.41) is 11.7. The number of nitrogens with one attached hydrogen (secondary N) is 1. The quantitative estimate of drug-likeness (QED) is 0.832. The van der Waals surface area contributed by atoms with Crippen LogP contribution in [0.5, 0.6) is 0 Å². The number of carboxylic acids is 1. The zero-order valence-corrected chi connectivity index (χ0v) is 12.3. The van der Waals surface area contributed by atoms with Crippen LogP contribution in [0.25, 0.3) is 0 Å². The molecular formula is C15H18N2O5. The molecule has 3 rings (SSSR count). The SMILES string of the molecule is CC1CCC2(CC1)NC(=O)N(Cc1ccc(C(=O)O)o1)C2=O. The second-order valence-corrected chi connectivity index (χ2v) is 6.16. The minimum Gasteiger partial charge on any atom is -0.475 e. The van der Waals surface area contributed by atoms with Gasteiger partial charge in [-0.2, -0.15) is 0 Å². The molecule has 0 radical (unpaired) electrons. The Morgan fingerprint density at radius 3 is 2.68 bits per heavy atom. The van der Waals surface area contributed by atoms with Gasteiger partial charge in [0.15, 0.2) is 0 Å². The molecule has 22 heavy (non-hydrogen) atoms. The highest BCUT2D eigenvalue weighted by atomic mass is 16.4. The van der Waals surface area contributed by atoms with Crippen LogP contribution in [-0.2, 0) is 11.3 Å². The monoisotopic (exact) mass is 306 g/mol. The normalized spacial score (nSPS) is 28.2. The molecule has 7 heteroatoms. The van der Waals surface area contributed by atoms with Gasteiger partial charge in [0.1, 0.15) is 11.3 Å². The van der Waals surface area contributed by atoms with Crippen molar-refractivity contribution < 1.29 is 23.9 Å². The van der Waals surface area contributed by atoms with Crippen molar-refractivity contribution in [3.05, 3.63) is 23.7 Å². The molecular weight excluding hydrogens is 288 g/mol. The summed E-state index contributed by atoms with van der Waals surface area (Å²) < 4.78 is 5.12. The molecule has 1 saturated carbocycles. The topological polar surface area (TPSA) is 99.8 Å². The fraction of sp³-hybridized carbons (Fsp3) is 0.533. The zero-order chi connectivity index (χ0) is 15.9. The molecule has 1 aromatic rings. The Balaban J connectivity index is 1.75. The second kappa shape index (κ2) is 5.15. The molecule has 7 nitrogen and oxygen atoms in total. The first-order valence-corrected chi connectivity index (χ1v) is 7.37. The van der Waals surface area contributed by atoms with Gasteiger partial charge in [-0.25, -0.2) is 9.59 Å². The maximum atomic E-state index is 12.6. The first-order chi connectivity index (χ1) is 10.4. The molecule has 118 valence electrons. The van der Waals surface area contributed by atoms with Crippen LogP contribution >= 0.6 is 0 Å². The number of furan rings is 1. The van der Waals surface area contributed by atoms with E-state index >= 15 is 0 Å². The van der Waals surface area contributed by atoms with Gasteiger partial charge in [0, 0.05) is 0 Å².